The highest BCUT2D eigenvalue weighted by Crippen LogP contribution is 2.25. The molecule has 6 heteroatoms. The zero-order valence-corrected chi connectivity index (χ0v) is 12.4. The van der Waals surface area contributed by atoms with Gasteiger partial charge in [-0.25, -0.2) is 0 Å². The number of hydrogen-bond donors (Lipinski definition) is 0. The molecule has 0 aliphatic carbocycles. The highest BCUT2D eigenvalue weighted by atomic mass is 16.6. The first-order valence-electron chi connectivity index (χ1n) is 6.64. The Morgan fingerprint density at radius 1 is 1.23 bits per heavy atom. The molecule has 0 bridgehead atoms. The van der Waals surface area contributed by atoms with Crippen LogP contribution in [0.25, 0.3) is 0 Å². The number of hydrogen-bond acceptors (Lipinski definition) is 4. The number of non-ortho nitro benzene ring substituents is 1. The average molecular weight is 300 g/mol. The van der Waals surface area contributed by atoms with E-state index in [4.69, 9.17) is 4.74 Å². The highest BCUT2D eigenvalue weighted by Gasteiger charge is 2.20. The van der Waals surface area contributed by atoms with Crippen molar-refractivity contribution in [1.29, 1.82) is 0 Å². The number of nitrogens with zero attached hydrogens (tertiary/aromatic N) is 2. The van der Waals surface area contributed by atoms with Crippen molar-refractivity contribution >= 4 is 11.6 Å². The van der Waals surface area contributed by atoms with Gasteiger partial charge in [-0.2, -0.15) is 0 Å². The van der Waals surface area contributed by atoms with Crippen molar-refractivity contribution in [1.82, 2.24) is 4.90 Å². The second-order valence-electron chi connectivity index (χ2n) is 4.79. The quantitative estimate of drug-likeness (QED) is 0.628. The number of benzene rings is 2. The van der Waals surface area contributed by atoms with Gasteiger partial charge in [0, 0.05) is 25.7 Å². The summed E-state index contributed by atoms with van der Waals surface area (Å²) in [5.74, 6) is -0.0140. The van der Waals surface area contributed by atoms with Crippen LogP contribution in [-0.2, 0) is 6.54 Å². The van der Waals surface area contributed by atoms with Crippen LogP contribution >= 0.6 is 0 Å². The van der Waals surface area contributed by atoms with Crippen LogP contribution in [-0.4, -0.2) is 29.9 Å². The molecular formula is C16H16N2O4. The highest BCUT2D eigenvalue weighted by molar-refractivity contribution is 5.97. The molecule has 0 radical (unpaired) electrons. The van der Waals surface area contributed by atoms with Gasteiger partial charge in [0.2, 0.25) is 0 Å². The summed E-state index contributed by atoms with van der Waals surface area (Å²) in [6.45, 7) is 0.408. The Bertz CT molecular complexity index is 686. The molecule has 0 fully saturated rings. The average Bonchev–Trinajstić information content (AvgIpc) is 2.54. The molecule has 2 aromatic rings. The lowest BCUT2D eigenvalue weighted by Crippen LogP contribution is -2.26. The number of rotatable bonds is 5. The molecule has 0 spiro atoms. The van der Waals surface area contributed by atoms with E-state index in [2.05, 4.69) is 0 Å². The molecule has 0 saturated carbocycles. The number of carbonyl (C=O) groups excluding carboxylic acids is 1. The fourth-order valence-corrected chi connectivity index (χ4v) is 2.11. The van der Waals surface area contributed by atoms with E-state index < -0.39 is 4.92 Å². The smallest absolute Gasteiger partial charge is 0.270 e. The molecule has 2 rings (SSSR count). The number of amides is 1. The second-order valence-corrected chi connectivity index (χ2v) is 4.79. The Hall–Kier alpha value is -2.89. The van der Waals surface area contributed by atoms with E-state index >= 15 is 0 Å². The first kappa shape index (κ1) is 15.5. The van der Waals surface area contributed by atoms with Gasteiger partial charge in [-0.15, -0.1) is 0 Å². The maximum atomic E-state index is 12.5. The maximum absolute atomic E-state index is 12.5. The van der Waals surface area contributed by atoms with Gasteiger partial charge < -0.3 is 9.64 Å². The van der Waals surface area contributed by atoms with Crippen molar-refractivity contribution in [3.8, 4) is 5.75 Å². The number of ether oxygens (including phenoxy) is 1. The summed E-state index contributed by atoms with van der Waals surface area (Å²) in [7, 11) is 3.07. The molecule has 0 heterocycles. The van der Waals surface area contributed by atoms with Crippen molar-refractivity contribution < 1.29 is 14.5 Å². The minimum absolute atomic E-state index is 0.141. The lowest BCUT2D eigenvalue weighted by atomic mass is 10.1. The van der Waals surface area contributed by atoms with E-state index in [-0.39, 0.29) is 17.2 Å². The van der Waals surface area contributed by atoms with Gasteiger partial charge in [-0.1, -0.05) is 30.3 Å². The number of carbonyl (C=O) groups is 1. The maximum Gasteiger partial charge on any atom is 0.270 e. The first-order chi connectivity index (χ1) is 10.5. The molecule has 0 atom stereocenters. The Morgan fingerprint density at radius 3 is 2.50 bits per heavy atom. The summed E-state index contributed by atoms with van der Waals surface area (Å²) in [4.78, 5) is 24.4. The van der Waals surface area contributed by atoms with Gasteiger partial charge in [-0.05, 0) is 11.6 Å². The lowest BCUT2D eigenvalue weighted by Gasteiger charge is -2.18. The molecule has 0 aromatic heterocycles. The van der Waals surface area contributed by atoms with Gasteiger partial charge in [0.15, 0.2) is 0 Å². The fraction of sp³-hybridized carbons (Fsp3) is 0.188. The Labute approximate surface area is 128 Å². The van der Waals surface area contributed by atoms with E-state index in [1.807, 2.05) is 30.3 Å². The van der Waals surface area contributed by atoms with Crippen LogP contribution in [0.1, 0.15) is 15.9 Å². The third kappa shape index (κ3) is 3.41. The van der Waals surface area contributed by atoms with Gasteiger partial charge >= 0.3 is 0 Å². The summed E-state index contributed by atoms with van der Waals surface area (Å²) in [5, 5.41) is 10.9. The molecule has 0 N–H and O–H groups in total. The zero-order chi connectivity index (χ0) is 16.1. The molecule has 0 aliphatic heterocycles. The van der Waals surface area contributed by atoms with E-state index in [9.17, 15) is 14.9 Å². The second kappa shape index (κ2) is 6.71. The minimum Gasteiger partial charge on any atom is -0.496 e. The Balaban J connectivity index is 2.27. The van der Waals surface area contributed by atoms with Crippen molar-refractivity contribution in [2.24, 2.45) is 0 Å². The topological polar surface area (TPSA) is 72.7 Å². The van der Waals surface area contributed by atoms with Crippen molar-refractivity contribution in [2.45, 2.75) is 6.54 Å². The van der Waals surface area contributed by atoms with Crippen LogP contribution in [0.2, 0.25) is 0 Å². The fourth-order valence-electron chi connectivity index (χ4n) is 2.11. The molecular weight excluding hydrogens is 284 g/mol. The molecule has 22 heavy (non-hydrogen) atoms. The molecule has 0 saturated heterocycles. The minimum atomic E-state index is -0.534. The van der Waals surface area contributed by atoms with Crippen molar-refractivity contribution in [3.63, 3.8) is 0 Å². The normalized spacial score (nSPS) is 10.1. The lowest BCUT2D eigenvalue weighted by molar-refractivity contribution is -0.384. The van der Waals surface area contributed by atoms with Gasteiger partial charge in [0.1, 0.15) is 5.75 Å². The summed E-state index contributed by atoms with van der Waals surface area (Å²) >= 11 is 0. The van der Waals surface area contributed by atoms with Gasteiger partial charge in [0.05, 0.1) is 17.6 Å². The standard InChI is InChI=1S/C16H16N2O4/c1-17(11-12-6-4-3-5-7-12)16(19)14-10-13(18(20)21)8-9-15(14)22-2/h3-10H,11H2,1-2H3. The number of methoxy groups -OCH3 is 1. The van der Waals surface area contributed by atoms with Crippen LogP contribution < -0.4 is 4.74 Å². The third-order valence-electron chi connectivity index (χ3n) is 3.23. The summed E-state index contributed by atoms with van der Waals surface area (Å²) < 4.78 is 5.13. The molecule has 114 valence electrons. The largest absolute Gasteiger partial charge is 0.496 e. The molecule has 0 aliphatic rings. The van der Waals surface area contributed by atoms with Crippen LogP contribution in [0.15, 0.2) is 48.5 Å². The molecule has 1 amide bonds. The Kier molecular flexibility index (Phi) is 4.73. The van der Waals surface area contributed by atoms with Crippen LogP contribution in [0.5, 0.6) is 5.75 Å². The number of nitro groups is 1. The van der Waals surface area contributed by atoms with Crippen LogP contribution in [0.3, 0.4) is 0 Å². The first-order valence-corrected chi connectivity index (χ1v) is 6.64. The predicted octanol–water partition coefficient (Wildman–Crippen LogP) is 2.88. The molecule has 0 unspecified atom stereocenters. The summed E-state index contributed by atoms with van der Waals surface area (Å²) in [5.41, 5.74) is 1.01. The molecule has 6 nitrogen and oxygen atoms in total. The monoisotopic (exact) mass is 300 g/mol. The summed E-state index contributed by atoms with van der Waals surface area (Å²) in [6, 6.07) is 13.5. The number of nitro benzene ring substituents is 1. The van der Waals surface area contributed by atoms with Crippen LogP contribution in [0.4, 0.5) is 5.69 Å². The van der Waals surface area contributed by atoms with Crippen LogP contribution in [0, 0.1) is 10.1 Å². The van der Waals surface area contributed by atoms with E-state index in [0.29, 0.717) is 12.3 Å². The Morgan fingerprint density at radius 2 is 1.91 bits per heavy atom. The van der Waals surface area contributed by atoms with E-state index in [1.165, 1.54) is 30.2 Å². The zero-order valence-electron chi connectivity index (χ0n) is 12.4. The van der Waals surface area contributed by atoms with Crippen molar-refractivity contribution in [3.05, 3.63) is 69.8 Å². The third-order valence-corrected chi connectivity index (χ3v) is 3.23. The van der Waals surface area contributed by atoms with E-state index in [0.717, 1.165) is 5.56 Å². The predicted molar refractivity (Wildman–Crippen MR) is 81.9 cm³/mol. The van der Waals surface area contributed by atoms with Gasteiger partial charge in [-0.3, -0.25) is 14.9 Å². The summed E-state index contributed by atoms with van der Waals surface area (Å²) in [6.07, 6.45) is 0. The van der Waals surface area contributed by atoms with E-state index in [1.54, 1.807) is 7.05 Å². The van der Waals surface area contributed by atoms with Gasteiger partial charge in [0.25, 0.3) is 11.6 Å². The SMILES string of the molecule is COc1ccc([N+](=O)[O-])cc1C(=O)N(C)Cc1ccccc1. The molecule has 2 aromatic carbocycles. The van der Waals surface area contributed by atoms with Crippen molar-refractivity contribution in [2.75, 3.05) is 14.2 Å².